The van der Waals surface area contributed by atoms with Crippen molar-refractivity contribution in [2.45, 2.75) is 6.42 Å². The van der Waals surface area contributed by atoms with Crippen LogP contribution < -0.4 is 10.6 Å². The van der Waals surface area contributed by atoms with E-state index in [1.165, 1.54) is 0 Å². The molecule has 2 aromatic heterocycles. The fraction of sp³-hybridized carbons (Fsp3) is 0.100. The third-order valence-electron chi connectivity index (χ3n) is 4.04. The molecule has 0 aliphatic rings. The van der Waals surface area contributed by atoms with Crippen molar-refractivity contribution in [2.75, 3.05) is 17.2 Å². The molecule has 2 N–H and O–H groups in total. The van der Waals surface area contributed by atoms with Gasteiger partial charge in [0.25, 0.3) is 0 Å². The van der Waals surface area contributed by atoms with Crippen molar-refractivity contribution < 1.29 is 0 Å². The van der Waals surface area contributed by atoms with Gasteiger partial charge in [0.1, 0.15) is 0 Å². The lowest BCUT2D eigenvalue weighted by Gasteiger charge is -2.09. The normalized spacial score (nSPS) is 10.7. The van der Waals surface area contributed by atoms with Crippen LogP contribution in [-0.2, 0) is 6.42 Å². The van der Waals surface area contributed by atoms with E-state index in [4.69, 9.17) is 11.6 Å². The Morgan fingerprint density at radius 2 is 1.89 bits per heavy atom. The molecule has 0 aliphatic heterocycles. The standard InChI is InChI=1S/C20H17ClN6/c21-16-7-1-4-14(12-16)9-11-23-20-26-18(13-24-27-20)25-17-8-2-5-15-6-3-10-22-19(15)17/h1-8,10,12-13H,9,11H2,(H2,23,25,26,27). The summed E-state index contributed by atoms with van der Waals surface area (Å²) in [5, 5.41) is 16.3. The Morgan fingerprint density at radius 3 is 2.81 bits per heavy atom. The summed E-state index contributed by atoms with van der Waals surface area (Å²) in [5.41, 5.74) is 2.91. The predicted molar refractivity (Wildman–Crippen MR) is 108 cm³/mol. The summed E-state index contributed by atoms with van der Waals surface area (Å²) < 4.78 is 0. The maximum atomic E-state index is 6.01. The molecule has 134 valence electrons. The van der Waals surface area contributed by atoms with Crippen LogP contribution in [0.2, 0.25) is 5.02 Å². The maximum absolute atomic E-state index is 6.01. The first kappa shape index (κ1) is 17.2. The Bertz CT molecular complexity index is 1060. The van der Waals surface area contributed by atoms with Crippen LogP contribution in [-0.4, -0.2) is 26.7 Å². The van der Waals surface area contributed by atoms with Crippen LogP contribution in [0.1, 0.15) is 5.56 Å². The molecular weight excluding hydrogens is 360 g/mol. The number of benzene rings is 2. The maximum Gasteiger partial charge on any atom is 0.244 e. The van der Waals surface area contributed by atoms with Crippen molar-refractivity contribution >= 4 is 40.0 Å². The van der Waals surface area contributed by atoms with Gasteiger partial charge in [-0.2, -0.15) is 10.1 Å². The minimum absolute atomic E-state index is 0.468. The van der Waals surface area contributed by atoms with Gasteiger partial charge < -0.3 is 10.6 Å². The number of nitrogens with one attached hydrogen (secondary N) is 2. The Hall–Kier alpha value is -3.25. The van der Waals surface area contributed by atoms with E-state index in [2.05, 4.69) is 30.8 Å². The van der Waals surface area contributed by atoms with Gasteiger partial charge in [0.2, 0.25) is 5.95 Å². The molecule has 4 rings (SSSR count). The molecule has 0 spiro atoms. The molecule has 27 heavy (non-hydrogen) atoms. The molecule has 2 heterocycles. The van der Waals surface area contributed by atoms with Crippen molar-refractivity contribution in [1.82, 2.24) is 20.2 Å². The van der Waals surface area contributed by atoms with Crippen molar-refractivity contribution in [3.63, 3.8) is 0 Å². The lowest BCUT2D eigenvalue weighted by atomic mass is 10.1. The molecule has 0 fully saturated rings. The second kappa shape index (κ2) is 7.97. The number of rotatable bonds is 6. The minimum Gasteiger partial charge on any atom is -0.353 e. The highest BCUT2D eigenvalue weighted by atomic mass is 35.5. The molecule has 2 aromatic carbocycles. The predicted octanol–water partition coefficient (Wildman–Crippen LogP) is 4.47. The average Bonchev–Trinajstić information content (AvgIpc) is 2.69. The van der Waals surface area contributed by atoms with Gasteiger partial charge in [-0.3, -0.25) is 4.98 Å². The number of halogens is 1. The Balaban J connectivity index is 1.44. The largest absolute Gasteiger partial charge is 0.353 e. The number of aromatic nitrogens is 4. The van der Waals surface area contributed by atoms with E-state index >= 15 is 0 Å². The van der Waals surface area contributed by atoms with Gasteiger partial charge in [-0.25, -0.2) is 0 Å². The Morgan fingerprint density at radius 1 is 1.00 bits per heavy atom. The summed E-state index contributed by atoms with van der Waals surface area (Å²) in [6, 6.07) is 17.7. The first-order valence-corrected chi connectivity index (χ1v) is 8.94. The van der Waals surface area contributed by atoms with Crippen molar-refractivity contribution in [2.24, 2.45) is 0 Å². The van der Waals surface area contributed by atoms with Gasteiger partial charge in [-0.05, 0) is 36.2 Å². The summed E-state index contributed by atoms with van der Waals surface area (Å²) in [7, 11) is 0. The molecule has 4 aromatic rings. The summed E-state index contributed by atoms with van der Waals surface area (Å²) in [6.07, 6.45) is 4.17. The van der Waals surface area contributed by atoms with Gasteiger partial charge in [-0.15, -0.1) is 5.10 Å². The highest BCUT2D eigenvalue weighted by molar-refractivity contribution is 6.30. The zero-order chi connectivity index (χ0) is 18.5. The summed E-state index contributed by atoms with van der Waals surface area (Å²) in [4.78, 5) is 8.91. The van der Waals surface area contributed by atoms with Crippen LogP contribution in [0.3, 0.4) is 0 Å². The molecule has 6 nitrogen and oxygen atoms in total. The van der Waals surface area contributed by atoms with Gasteiger partial charge in [-0.1, -0.05) is 41.9 Å². The van der Waals surface area contributed by atoms with E-state index in [0.29, 0.717) is 18.3 Å². The SMILES string of the molecule is Clc1cccc(CCNc2nncc(Nc3cccc4cccnc34)n2)c1. The van der Waals surface area contributed by atoms with E-state index in [1.807, 2.05) is 54.6 Å². The summed E-state index contributed by atoms with van der Waals surface area (Å²) in [5.74, 6) is 1.07. The third-order valence-corrected chi connectivity index (χ3v) is 4.28. The van der Waals surface area contributed by atoms with Crippen molar-refractivity contribution in [3.05, 3.63) is 77.6 Å². The smallest absolute Gasteiger partial charge is 0.244 e. The van der Waals surface area contributed by atoms with Crippen molar-refractivity contribution in [1.29, 1.82) is 0 Å². The minimum atomic E-state index is 0.468. The van der Waals surface area contributed by atoms with Gasteiger partial charge in [0.05, 0.1) is 17.4 Å². The second-order valence-corrected chi connectivity index (χ2v) is 6.41. The van der Waals surface area contributed by atoms with E-state index < -0.39 is 0 Å². The molecule has 7 heteroatoms. The number of hydrogen-bond donors (Lipinski definition) is 2. The Kier molecular flexibility index (Phi) is 5.07. The molecule has 0 amide bonds. The summed E-state index contributed by atoms with van der Waals surface area (Å²) in [6.45, 7) is 0.682. The van der Waals surface area contributed by atoms with Crippen LogP contribution in [0, 0.1) is 0 Å². The highest BCUT2D eigenvalue weighted by Gasteiger charge is 2.05. The van der Waals surface area contributed by atoms with E-state index in [9.17, 15) is 0 Å². The molecule has 0 unspecified atom stereocenters. The topological polar surface area (TPSA) is 75.6 Å². The molecule has 0 saturated heterocycles. The first-order chi connectivity index (χ1) is 13.3. The number of hydrogen-bond acceptors (Lipinski definition) is 6. The van der Waals surface area contributed by atoms with Crippen LogP contribution in [0.5, 0.6) is 0 Å². The molecule has 0 bridgehead atoms. The number of anilines is 3. The monoisotopic (exact) mass is 376 g/mol. The van der Waals surface area contributed by atoms with Crippen LogP contribution in [0.15, 0.2) is 67.0 Å². The number of pyridine rings is 1. The molecule has 0 atom stereocenters. The lowest BCUT2D eigenvalue weighted by molar-refractivity contribution is 0.929. The fourth-order valence-corrected chi connectivity index (χ4v) is 3.01. The Labute approximate surface area is 161 Å². The molecule has 0 saturated carbocycles. The zero-order valence-electron chi connectivity index (χ0n) is 14.4. The lowest BCUT2D eigenvalue weighted by Crippen LogP contribution is -2.09. The van der Waals surface area contributed by atoms with Crippen LogP contribution in [0.4, 0.5) is 17.5 Å². The first-order valence-electron chi connectivity index (χ1n) is 8.57. The van der Waals surface area contributed by atoms with Crippen molar-refractivity contribution in [3.8, 4) is 0 Å². The van der Waals surface area contributed by atoms with Gasteiger partial charge >= 0.3 is 0 Å². The average molecular weight is 377 g/mol. The molecule has 0 radical (unpaired) electrons. The fourth-order valence-electron chi connectivity index (χ4n) is 2.79. The summed E-state index contributed by atoms with van der Waals surface area (Å²) >= 11 is 6.01. The van der Waals surface area contributed by atoms with E-state index in [1.54, 1.807) is 12.4 Å². The second-order valence-electron chi connectivity index (χ2n) is 5.98. The van der Waals surface area contributed by atoms with Gasteiger partial charge in [0.15, 0.2) is 5.82 Å². The highest BCUT2D eigenvalue weighted by Crippen LogP contribution is 2.23. The number of nitrogens with zero attached hydrogens (tertiary/aromatic N) is 4. The van der Waals surface area contributed by atoms with Crippen LogP contribution in [0.25, 0.3) is 10.9 Å². The van der Waals surface area contributed by atoms with Gasteiger partial charge in [0, 0.05) is 23.2 Å². The number of fused-ring (bicyclic) bond motifs is 1. The zero-order valence-corrected chi connectivity index (χ0v) is 15.2. The molecule has 0 aliphatic carbocycles. The van der Waals surface area contributed by atoms with E-state index in [-0.39, 0.29) is 0 Å². The quantitative estimate of drug-likeness (QED) is 0.517. The molecular formula is C20H17ClN6. The van der Waals surface area contributed by atoms with E-state index in [0.717, 1.165) is 33.6 Å². The number of para-hydroxylation sites is 1. The van der Waals surface area contributed by atoms with Crippen LogP contribution >= 0.6 is 11.6 Å². The third kappa shape index (κ3) is 4.30.